The standard InChI is InChI=1S/C27H26N2O4/c1-19(30)33-25-9-5-8-23(18-25)27(32)29-16-14-24(15-17-29)28-26(31)22-12-10-21(11-13-22)20-6-3-2-4-7-20/h2-13,18,24H,14-17H2,1H3,(H,28,31). The molecule has 1 saturated heterocycles. The molecule has 0 bridgehead atoms. The Bertz CT molecular complexity index is 1130. The number of amides is 2. The molecule has 0 atom stereocenters. The fraction of sp³-hybridized carbons (Fsp3) is 0.222. The van der Waals surface area contributed by atoms with E-state index in [2.05, 4.69) is 5.32 Å². The highest BCUT2D eigenvalue weighted by molar-refractivity contribution is 5.95. The lowest BCUT2D eigenvalue weighted by Crippen LogP contribution is -2.46. The summed E-state index contributed by atoms with van der Waals surface area (Å²) < 4.78 is 5.07. The van der Waals surface area contributed by atoms with Crippen molar-refractivity contribution in [3.05, 3.63) is 90.0 Å². The number of nitrogens with one attached hydrogen (secondary N) is 1. The van der Waals surface area contributed by atoms with Crippen molar-refractivity contribution in [2.45, 2.75) is 25.8 Å². The summed E-state index contributed by atoms with van der Waals surface area (Å²) in [6.45, 7) is 2.42. The van der Waals surface area contributed by atoms with Crippen LogP contribution in [0, 0.1) is 0 Å². The molecule has 1 heterocycles. The van der Waals surface area contributed by atoms with E-state index in [-0.39, 0.29) is 17.9 Å². The second-order valence-electron chi connectivity index (χ2n) is 8.10. The van der Waals surface area contributed by atoms with Gasteiger partial charge in [0.05, 0.1) is 0 Å². The minimum Gasteiger partial charge on any atom is -0.427 e. The molecule has 1 fully saturated rings. The summed E-state index contributed by atoms with van der Waals surface area (Å²) >= 11 is 0. The normalized spacial score (nSPS) is 13.9. The van der Waals surface area contributed by atoms with Gasteiger partial charge in [-0.1, -0.05) is 48.5 Å². The number of rotatable bonds is 5. The van der Waals surface area contributed by atoms with E-state index in [9.17, 15) is 14.4 Å². The van der Waals surface area contributed by atoms with Crippen molar-refractivity contribution in [3.63, 3.8) is 0 Å². The van der Waals surface area contributed by atoms with E-state index >= 15 is 0 Å². The number of nitrogens with zero attached hydrogens (tertiary/aromatic N) is 1. The second kappa shape index (κ2) is 10.1. The molecule has 2 amide bonds. The number of carbonyl (C=O) groups excluding carboxylic acids is 3. The van der Waals surface area contributed by atoms with Gasteiger partial charge in [0, 0.05) is 37.2 Å². The average molecular weight is 443 g/mol. The predicted molar refractivity (Wildman–Crippen MR) is 126 cm³/mol. The van der Waals surface area contributed by atoms with E-state index in [1.54, 1.807) is 29.2 Å². The van der Waals surface area contributed by atoms with Gasteiger partial charge in [-0.15, -0.1) is 0 Å². The third-order valence-electron chi connectivity index (χ3n) is 5.71. The summed E-state index contributed by atoms with van der Waals surface area (Å²) in [7, 11) is 0. The van der Waals surface area contributed by atoms with E-state index in [1.807, 2.05) is 54.6 Å². The zero-order chi connectivity index (χ0) is 23.2. The highest BCUT2D eigenvalue weighted by Gasteiger charge is 2.25. The van der Waals surface area contributed by atoms with Crippen molar-refractivity contribution in [2.24, 2.45) is 0 Å². The molecule has 0 saturated carbocycles. The topological polar surface area (TPSA) is 75.7 Å². The monoisotopic (exact) mass is 442 g/mol. The molecule has 1 aliphatic heterocycles. The van der Waals surface area contributed by atoms with Gasteiger partial charge in [0.2, 0.25) is 0 Å². The van der Waals surface area contributed by atoms with Crippen LogP contribution in [-0.4, -0.2) is 41.8 Å². The van der Waals surface area contributed by atoms with Crippen LogP contribution in [-0.2, 0) is 4.79 Å². The fourth-order valence-corrected chi connectivity index (χ4v) is 3.98. The molecule has 0 unspecified atom stereocenters. The summed E-state index contributed by atoms with van der Waals surface area (Å²) in [4.78, 5) is 38.4. The number of ether oxygens (including phenoxy) is 1. The maximum atomic E-state index is 12.8. The largest absolute Gasteiger partial charge is 0.427 e. The van der Waals surface area contributed by atoms with E-state index < -0.39 is 5.97 Å². The summed E-state index contributed by atoms with van der Waals surface area (Å²) in [6.07, 6.45) is 1.37. The molecule has 6 heteroatoms. The van der Waals surface area contributed by atoms with Gasteiger partial charge < -0.3 is 15.0 Å². The molecular weight excluding hydrogens is 416 g/mol. The van der Waals surface area contributed by atoms with Crippen molar-refractivity contribution >= 4 is 17.8 Å². The third kappa shape index (κ3) is 5.66. The smallest absolute Gasteiger partial charge is 0.308 e. The minimum atomic E-state index is -0.425. The van der Waals surface area contributed by atoms with Gasteiger partial charge in [-0.2, -0.15) is 0 Å². The van der Waals surface area contributed by atoms with Crippen LogP contribution in [0.3, 0.4) is 0 Å². The summed E-state index contributed by atoms with van der Waals surface area (Å²) in [6, 6.07) is 24.3. The number of piperidine rings is 1. The number of hydrogen-bond donors (Lipinski definition) is 1. The molecule has 4 rings (SSSR count). The van der Waals surface area contributed by atoms with Crippen molar-refractivity contribution in [1.29, 1.82) is 0 Å². The van der Waals surface area contributed by atoms with Crippen LogP contribution in [0.2, 0.25) is 0 Å². The predicted octanol–water partition coefficient (Wildman–Crippen LogP) is 4.31. The molecule has 3 aromatic rings. The summed E-state index contributed by atoms with van der Waals surface area (Å²) in [5.74, 6) is -0.279. The van der Waals surface area contributed by atoms with Crippen LogP contribution >= 0.6 is 0 Å². The minimum absolute atomic E-state index is 0.0164. The fourth-order valence-electron chi connectivity index (χ4n) is 3.98. The van der Waals surface area contributed by atoms with Gasteiger partial charge in [0.1, 0.15) is 5.75 Å². The molecular formula is C27H26N2O4. The van der Waals surface area contributed by atoms with Crippen LogP contribution in [0.4, 0.5) is 0 Å². The lowest BCUT2D eigenvalue weighted by Gasteiger charge is -2.32. The van der Waals surface area contributed by atoms with E-state index in [0.29, 0.717) is 42.8 Å². The van der Waals surface area contributed by atoms with Crippen molar-refractivity contribution in [1.82, 2.24) is 10.2 Å². The first-order valence-electron chi connectivity index (χ1n) is 11.0. The third-order valence-corrected chi connectivity index (χ3v) is 5.71. The van der Waals surface area contributed by atoms with E-state index in [1.165, 1.54) is 6.92 Å². The number of hydrogen-bond acceptors (Lipinski definition) is 4. The summed E-state index contributed by atoms with van der Waals surface area (Å²) in [5, 5.41) is 3.09. The molecule has 0 radical (unpaired) electrons. The number of likely N-dealkylation sites (tertiary alicyclic amines) is 1. The van der Waals surface area contributed by atoms with E-state index in [0.717, 1.165) is 11.1 Å². The number of esters is 1. The van der Waals surface area contributed by atoms with Gasteiger partial charge >= 0.3 is 5.97 Å². The Labute approximate surface area is 193 Å². The lowest BCUT2D eigenvalue weighted by atomic mass is 10.0. The molecule has 0 aromatic heterocycles. The quantitative estimate of drug-likeness (QED) is 0.472. The van der Waals surface area contributed by atoms with Gasteiger partial charge in [0.15, 0.2) is 0 Å². The molecule has 1 N–H and O–H groups in total. The Kier molecular flexibility index (Phi) is 6.83. The van der Waals surface area contributed by atoms with E-state index in [4.69, 9.17) is 4.74 Å². The summed E-state index contributed by atoms with van der Waals surface area (Å²) in [5.41, 5.74) is 3.28. The average Bonchev–Trinajstić information content (AvgIpc) is 2.84. The highest BCUT2D eigenvalue weighted by Crippen LogP contribution is 2.21. The molecule has 0 spiro atoms. The Balaban J connectivity index is 1.30. The van der Waals surface area contributed by atoms with Crippen LogP contribution in [0.1, 0.15) is 40.5 Å². The Hall–Kier alpha value is -3.93. The van der Waals surface area contributed by atoms with Gasteiger partial charge in [-0.25, -0.2) is 0 Å². The molecule has 168 valence electrons. The maximum absolute atomic E-state index is 12.8. The highest BCUT2D eigenvalue weighted by atomic mass is 16.5. The van der Waals surface area contributed by atoms with Crippen LogP contribution in [0.5, 0.6) is 5.75 Å². The van der Waals surface area contributed by atoms with Crippen molar-refractivity contribution in [2.75, 3.05) is 13.1 Å². The Morgan fingerprint density at radius 1 is 0.818 bits per heavy atom. The number of carbonyl (C=O) groups is 3. The first-order valence-corrected chi connectivity index (χ1v) is 11.0. The maximum Gasteiger partial charge on any atom is 0.308 e. The van der Waals surface area contributed by atoms with Crippen LogP contribution < -0.4 is 10.1 Å². The molecule has 3 aromatic carbocycles. The first kappa shape index (κ1) is 22.3. The van der Waals surface area contributed by atoms with Crippen molar-refractivity contribution < 1.29 is 19.1 Å². The number of benzene rings is 3. The van der Waals surface area contributed by atoms with Gasteiger partial charge in [0.25, 0.3) is 11.8 Å². The Morgan fingerprint density at radius 3 is 2.15 bits per heavy atom. The van der Waals surface area contributed by atoms with Crippen molar-refractivity contribution in [3.8, 4) is 16.9 Å². The second-order valence-corrected chi connectivity index (χ2v) is 8.10. The molecule has 1 aliphatic rings. The molecule has 33 heavy (non-hydrogen) atoms. The lowest BCUT2D eigenvalue weighted by molar-refractivity contribution is -0.131. The molecule has 6 nitrogen and oxygen atoms in total. The first-order chi connectivity index (χ1) is 16.0. The zero-order valence-corrected chi connectivity index (χ0v) is 18.5. The van der Waals surface area contributed by atoms with Crippen LogP contribution in [0.25, 0.3) is 11.1 Å². The van der Waals surface area contributed by atoms with Gasteiger partial charge in [-0.05, 0) is 54.3 Å². The molecule has 0 aliphatic carbocycles. The Morgan fingerprint density at radius 2 is 1.48 bits per heavy atom. The zero-order valence-electron chi connectivity index (χ0n) is 18.5. The van der Waals surface area contributed by atoms with Gasteiger partial charge in [-0.3, -0.25) is 14.4 Å². The van der Waals surface area contributed by atoms with Crippen LogP contribution in [0.15, 0.2) is 78.9 Å². The SMILES string of the molecule is CC(=O)Oc1cccc(C(=O)N2CCC(NC(=O)c3ccc(-c4ccccc4)cc3)CC2)c1.